The standard InChI is InChI=1S/C19H21NO2/c1-22-19(21)11-17-14-20(12-15-7-3-2-4-8-15)13-16-9-5-6-10-18(16)17/h2-10,17H,11-14H2,1H3. The molecule has 3 nitrogen and oxygen atoms in total. The van der Waals surface area contributed by atoms with Crippen LogP contribution in [0.3, 0.4) is 0 Å². The van der Waals surface area contributed by atoms with Crippen LogP contribution < -0.4 is 0 Å². The predicted octanol–water partition coefficient (Wildman–Crippen LogP) is 3.35. The van der Waals surface area contributed by atoms with Gasteiger partial charge < -0.3 is 4.74 Å². The Morgan fingerprint density at radius 2 is 1.86 bits per heavy atom. The van der Waals surface area contributed by atoms with Crippen LogP contribution in [-0.2, 0) is 22.6 Å². The molecule has 0 N–H and O–H groups in total. The molecule has 114 valence electrons. The summed E-state index contributed by atoms with van der Waals surface area (Å²) in [6.45, 7) is 2.73. The highest BCUT2D eigenvalue weighted by atomic mass is 16.5. The number of methoxy groups -OCH3 is 1. The van der Waals surface area contributed by atoms with Crippen LogP contribution >= 0.6 is 0 Å². The summed E-state index contributed by atoms with van der Waals surface area (Å²) in [7, 11) is 1.46. The van der Waals surface area contributed by atoms with Crippen LogP contribution in [0.15, 0.2) is 54.6 Å². The summed E-state index contributed by atoms with van der Waals surface area (Å²) in [5, 5.41) is 0. The molecule has 0 saturated carbocycles. The van der Waals surface area contributed by atoms with Gasteiger partial charge in [-0.3, -0.25) is 9.69 Å². The van der Waals surface area contributed by atoms with Crippen LogP contribution in [0.4, 0.5) is 0 Å². The average Bonchev–Trinajstić information content (AvgIpc) is 2.55. The van der Waals surface area contributed by atoms with E-state index < -0.39 is 0 Å². The van der Waals surface area contributed by atoms with E-state index in [-0.39, 0.29) is 11.9 Å². The highest BCUT2D eigenvalue weighted by Crippen LogP contribution is 2.31. The van der Waals surface area contributed by atoms with Crippen molar-refractivity contribution in [1.82, 2.24) is 4.90 Å². The highest BCUT2D eigenvalue weighted by molar-refractivity contribution is 5.70. The van der Waals surface area contributed by atoms with E-state index in [1.54, 1.807) is 0 Å². The minimum atomic E-state index is -0.138. The van der Waals surface area contributed by atoms with Crippen molar-refractivity contribution >= 4 is 5.97 Å². The summed E-state index contributed by atoms with van der Waals surface area (Å²) in [6.07, 6.45) is 0.443. The van der Waals surface area contributed by atoms with Gasteiger partial charge in [0.15, 0.2) is 0 Å². The van der Waals surface area contributed by atoms with E-state index in [4.69, 9.17) is 4.74 Å². The maximum absolute atomic E-state index is 11.7. The number of nitrogens with zero attached hydrogens (tertiary/aromatic N) is 1. The van der Waals surface area contributed by atoms with E-state index >= 15 is 0 Å². The summed E-state index contributed by atoms with van der Waals surface area (Å²) in [5.41, 5.74) is 3.91. The monoisotopic (exact) mass is 295 g/mol. The summed E-state index contributed by atoms with van der Waals surface area (Å²) in [5.74, 6) is 0.0717. The van der Waals surface area contributed by atoms with Gasteiger partial charge >= 0.3 is 5.97 Å². The van der Waals surface area contributed by atoms with Crippen molar-refractivity contribution in [3.63, 3.8) is 0 Å². The zero-order chi connectivity index (χ0) is 15.4. The first-order valence-corrected chi connectivity index (χ1v) is 7.67. The molecule has 3 heteroatoms. The largest absolute Gasteiger partial charge is 0.469 e. The number of carbonyl (C=O) groups is 1. The molecule has 0 spiro atoms. The number of fused-ring (bicyclic) bond motifs is 1. The molecule has 3 rings (SSSR count). The van der Waals surface area contributed by atoms with Gasteiger partial charge in [0.1, 0.15) is 0 Å². The Kier molecular flexibility index (Phi) is 4.54. The van der Waals surface area contributed by atoms with Crippen molar-refractivity contribution in [2.45, 2.75) is 25.4 Å². The third-order valence-electron chi connectivity index (χ3n) is 4.26. The van der Waals surface area contributed by atoms with E-state index in [0.29, 0.717) is 6.42 Å². The van der Waals surface area contributed by atoms with Crippen molar-refractivity contribution in [3.05, 3.63) is 71.3 Å². The van der Waals surface area contributed by atoms with Crippen LogP contribution in [0.5, 0.6) is 0 Å². The molecule has 0 bridgehead atoms. The lowest BCUT2D eigenvalue weighted by Gasteiger charge is -2.34. The van der Waals surface area contributed by atoms with Crippen molar-refractivity contribution in [2.75, 3.05) is 13.7 Å². The summed E-state index contributed by atoms with van der Waals surface area (Å²) >= 11 is 0. The summed E-state index contributed by atoms with van der Waals surface area (Å²) in [4.78, 5) is 14.1. The summed E-state index contributed by atoms with van der Waals surface area (Å²) < 4.78 is 4.86. The maximum atomic E-state index is 11.7. The molecule has 2 aromatic rings. The molecule has 1 atom stereocenters. The molecule has 0 aliphatic carbocycles. The lowest BCUT2D eigenvalue weighted by molar-refractivity contribution is -0.141. The van der Waals surface area contributed by atoms with Gasteiger partial charge in [0.2, 0.25) is 0 Å². The second kappa shape index (κ2) is 6.75. The predicted molar refractivity (Wildman–Crippen MR) is 86.4 cm³/mol. The van der Waals surface area contributed by atoms with E-state index in [1.165, 1.54) is 23.8 Å². The lowest BCUT2D eigenvalue weighted by Crippen LogP contribution is -2.34. The van der Waals surface area contributed by atoms with Gasteiger partial charge in [-0.1, -0.05) is 54.6 Å². The molecule has 2 aromatic carbocycles. The number of carbonyl (C=O) groups excluding carboxylic acids is 1. The van der Waals surface area contributed by atoms with E-state index in [9.17, 15) is 4.79 Å². The molecular weight excluding hydrogens is 274 g/mol. The molecule has 0 radical (unpaired) electrons. The van der Waals surface area contributed by atoms with Crippen LogP contribution in [0.1, 0.15) is 29.0 Å². The zero-order valence-electron chi connectivity index (χ0n) is 12.9. The fourth-order valence-electron chi connectivity index (χ4n) is 3.21. The van der Waals surface area contributed by atoms with Crippen molar-refractivity contribution in [3.8, 4) is 0 Å². The zero-order valence-corrected chi connectivity index (χ0v) is 12.9. The van der Waals surface area contributed by atoms with Crippen molar-refractivity contribution in [2.24, 2.45) is 0 Å². The molecule has 1 heterocycles. The fraction of sp³-hybridized carbons (Fsp3) is 0.316. The minimum absolute atomic E-state index is 0.138. The van der Waals surface area contributed by atoms with Gasteiger partial charge in [0.05, 0.1) is 13.5 Å². The number of benzene rings is 2. The SMILES string of the molecule is COC(=O)CC1CN(Cc2ccccc2)Cc2ccccc21. The quantitative estimate of drug-likeness (QED) is 0.810. The smallest absolute Gasteiger partial charge is 0.306 e. The molecule has 22 heavy (non-hydrogen) atoms. The molecule has 0 amide bonds. The maximum Gasteiger partial charge on any atom is 0.306 e. The molecule has 1 aliphatic rings. The Balaban J connectivity index is 1.80. The van der Waals surface area contributed by atoms with Crippen molar-refractivity contribution < 1.29 is 9.53 Å². The highest BCUT2D eigenvalue weighted by Gasteiger charge is 2.27. The number of ether oxygens (including phenoxy) is 1. The van der Waals surface area contributed by atoms with E-state index in [0.717, 1.165) is 19.6 Å². The van der Waals surface area contributed by atoms with Gasteiger partial charge in [0, 0.05) is 25.6 Å². The van der Waals surface area contributed by atoms with Crippen LogP contribution in [0.25, 0.3) is 0 Å². The molecule has 0 saturated heterocycles. The van der Waals surface area contributed by atoms with E-state index in [1.807, 2.05) is 6.07 Å². The normalized spacial score (nSPS) is 17.8. The van der Waals surface area contributed by atoms with Crippen LogP contribution in [0.2, 0.25) is 0 Å². The average molecular weight is 295 g/mol. The van der Waals surface area contributed by atoms with E-state index in [2.05, 4.69) is 53.4 Å². The molecule has 0 fully saturated rings. The minimum Gasteiger partial charge on any atom is -0.469 e. The number of rotatable bonds is 4. The Bertz CT molecular complexity index is 639. The summed E-state index contributed by atoms with van der Waals surface area (Å²) in [6, 6.07) is 18.9. The Hall–Kier alpha value is -2.13. The van der Waals surface area contributed by atoms with Gasteiger partial charge in [-0.25, -0.2) is 0 Å². The number of esters is 1. The first-order valence-electron chi connectivity index (χ1n) is 7.67. The fourth-order valence-corrected chi connectivity index (χ4v) is 3.21. The first-order chi connectivity index (χ1) is 10.8. The topological polar surface area (TPSA) is 29.5 Å². The molecule has 0 aromatic heterocycles. The first kappa shape index (κ1) is 14.8. The Morgan fingerprint density at radius 1 is 1.14 bits per heavy atom. The van der Waals surface area contributed by atoms with Crippen LogP contribution in [-0.4, -0.2) is 24.5 Å². The Labute approximate surface area is 131 Å². The second-order valence-corrected chi connectivity index (χ2v) is 5.83. The van der Waals surface area contributed by atoms with Gasteiger partial charge in [-0.2, -0.15) is 0 Å². The lowest BCUT2D eigenvalue weighted by atomic mass is 9.87. The van der Waals surface area contributed by atoms with Gasteiger partial charge in [0.25, 0.3) is 0 Å². The van der Waals surface area contributed by atoms with Gasteiger partial charge in [-0.05, 0) is 16.7 Å². The third kappa shape index (κ3) is 3.37. The van der Waals surface area contributed by atoms with Crippen LogP contribution in [0, 0.1) is 0 Å². The van der Waals surface area contributed by atoms with Gasteiger partial charge in [-0.15, -0.1) is 0 Å². The second-order valence-electron chi connectivity index (χ2n) is 5.83. The molecular formula is C19H21NO2. The third-order valence-corrected chi connectivity index (χ3v) is 4.26. The number of hydrogen-bond acceptors (Lipinski definition) is 3. The number of hydrogen-bond donors (Lipinski definition) is 0. The molecule has 1 unspecified atom stereocenters. The Morgan fingerprint density at radius 3 is 2.64 bits per heavy atom. The molecule has 1 aliphatic heterocycles. The van der Waals surface area contributed by atoms with Crippen molar-refractivity contribution in [1.29, 1.82) is 0 Å².